The zero-order chi connectivity index (χ0) is 11.7. The van der Waals surface area contributed by atoms with Gasteiger partial charge in [-0.3, -0.25) is 0 Å². The van der Waals surface area contributed by atoms with E-state index in [4.69, 9.17) is 11.6 Å². The third-order valence-electron chi connectivity index (χ3n) is 2.46. The number of hydrogen-bond acceptors (Lipinski definition) is 2. The van der Waals surface area contributed by atoms with Crippen molar-refractivity contribution in [2.45, 2.75) is 20.8 Å². The van der Waals surface area contributed by atoms with E-state index >= 15 is 0 Å². The Hall–Kier alpha value is -1.41. The van der Waals surface area contributed by atoms with E-state index in [-0.39, 0.29) is 0 Å². The Morgan fingerprint density at radius 1 is 1.00 bits per heavy atom. The molecule has 2 aromatic rings. The van der Waals surface area contributed by atoms with Crippen molar-refractivity contribution < 1.29 is 0 Å². The molecule has 1 aromatic carbocycles. The Morgan fingerprint density at radius 2 is 1.75 bits per heavy atom. The Bertz CT molecular complexity index is 515. The van der Waals surface area contributed by atoms with Crippen LogP contribution in [0.3, 0.4) is 0 Å². The van der Waals surface area contributed by atoms with Crippen LogP contribution in [0, 0.1) is 20.8 Å². The molecule has 3 heteroatoms. The molecular weight excluding hydrogens is 220 g/mol. The number of aromatic nitrogens is 2. The first-order chi connectivity index (χ1) is 7.56. The van der Waals surface area contributed by atoms with Crippen LogP contribution in [0.15, 0.2) is 24.3 Å². The standard InChI is InChI=1S/C13H13ClN2/c1-8-4-5-11(9(2)6-8)12-7-13(14)16-10(3)15-12/h4-7H,1-3H3. The van der Waals surface area contributed by atoms with Crippen molar-refractivity contribution in [1.29, 1.82) is 0 Å². The molecule has 0 atom stereocenters. The number of hydrogen-bond donors (Lipinski definition) is 0. The molecule has 0 aliphatic rings. The summed E-state index contributed by atoms with van der Waals surface area (Å²) in [6, 6.07) is 8.09. The van der Waals surface area contributed by atoms with Gasteiger partial charge < -0.3 is 0 Å². The lowest BCUT2D eigenvalue weighted by molar-refractivity contribution is 1.06. The highest BCUT2D eigenvalue weighted by atomic mass is 35.5. The molecule has 0 saturated heterocycles. The highest BCUT2D eigenvalue weighted by Crippen LogP contribution is 2.24. The zero-order valence-corrected chi connectivity index (χ0v) is 10.3. The fourth-order valence-electron chi connectivity index (χ4n) is 1.77. The van der Waals surface area contributed by atoms with Gasteiger partial charge in [0.2, 0.25) is 0 Å². The summed E-state index contributed by atoms with van der Waals surface area (Å²) in [7, 11) is 0. The van der Waals surface area contributed by atoms with Gasteiger partial charge in [-0.25, -0.2) is 9.97 Å². The molecule has 1 heterocycles. The Labute approximate surface area is 100 Å². The van der Waals surface area contributed by atoms with Crippen molar-refractivity contribution in [2.24, 2.45) is 0 Å². The van der Waals surface area contributed by atoms with E-state index in [9.17, 15) is 0 Å². The van der Waals surface area contributed by atoms with Crippen molar-refractivity contribution in [3.8, 4) is 11.3 Å². The Kier molecular flexibility index (Phi) is 2.92. The van der Waals surface area contributed by atoms with E-state index in [1.165, 1.54) is 11.1 Å². The molecule has 0 amide bonds. The predicted octanol–water partition coefficient (Wildman–Crippen LogP) is 3.72. The van der Waals surface area contributed by atoms with Crippen molar-refractivity contribution in [3.63, 3.8) is 0 Å². The third-order valence-corrected chi connectivity index (χ3v) is 2.66. The molecule has 0 unspecified atom stereocenters. The molecule has 2 rings (SSSR count). The average Bonchev–Trinajstić information content (AvgIpc) is 2.15. The fraction of sp³-hybridized carbons (Fsp3) is 0.231. The lowest BCUT2D eigenvalue weighted by Crippen LogP contribution is -1.93. The first-order valence-corrected chi connectivity index (χ1v) is 5.53. The van der Waals surface area contributed by atoms with Crippen LogP contribution in [-0.2, 0) is 0 Å². The second kappa shape index (κ2) is 4.22. The molecule has 16 heavy (non-hydrogen) atoms. The summed E-state index contributed by atoms with van der Waals surface area (Å²) in [5, 5.41) is 0.488. The highest BCUT2D eigenvalue weighted by Gasteiger charge is 2.06. The van der Waals surface area contributed by atoms with Crippen LogP contribution in [0.1, 0.15) is 17.0 Å². The van der Waals surface area contributed by atoms with Gasteiger partial charge in [0, 0.05) is 11.6 Å². The minimum absolute atomic E-state index is 0.488. The number of halogens is 1. The van der Waals surface area contributed by atoms with Crippen molar-refractivity contribution in [2.75, 3.05) is 0 Å². The average molecular weight is 233 g/mol. The summed E-state index contributed by atoms with van der Waals surface area (Å²) in [5.41, 5.74) is 4.44. The highest BCUT2D eigenvalue weighted by molar-refractivity contribution is 6.29. The van der Waals surface area contributed by atoms with Crippen molar-refractivity contribution in [1.82, 2.24) is 9.97 Å². The fourth-order valence-corrected chi connectivity index (χ4v) is 2.00. The van der Waals surface area contributed by atoms with Crippen LogP contribution in [-0.4, -0.2) is 9.97 Å². The van der Waals surface area contributed by atoms with Crippen LogP contribution < -0.4 is 0 Å². The number of aryl methyl sites for hydroxylation is 3. The monoisotopic (exact) mass is 232 g/mol. The van der Waals surface area contributed by atoms with Gasteiger partial charge in [-0.1, -0.05) is 35.4 Å². The van der Waals surface area contributed by atoms with Crippen LogP contribution in [0.25, 0.3) is 11.3 Å². The Balaban J connectivity index is 2.58. The van der Waals surface area contributed by atoms with Gasteiger partial charge in [-0.2, -0.15) is 0 Å². The van der Waals surface area contributed by atoms with E-state index in [2.05, 4.69) is 42.0 Å². The molecule has 0 saturated carbocycles. The molecule has 0 radical (unpaired) electrons. The third kappa shape index (κ3) is 2.22. The van der Waals surface area contributed by atoms with Crippen molar-refractivity contribution >= 4 is 11.6 Å². The number of benzene rings is 1. The van der Waals surface area contributed by atoms with E-state index in [1.807, 2.05) is 6.92 Å². The van der Waals surface area contributed by atoms with Gasteiger partial charge in [-0.05, 0) is 26.3 Å². The lowest BCUT2D eigenvalue weighted by Gasteiger charge is -2.07. The van der Waals surface area contributed by atoms with Gasteiger partial charge in [0.1, 0.15) is 11.0 Å². The quantitative estimate of drug-likeness (QED) is 0.701. The molecule has 0 fully saturated rings. The summed E-state index contributed by atoms with van der Waals surface area (Å²) >= 11 is 5.93. The van der Waals surface area contributed by atoms with Crippen LogP contribution in [0.4, 0.5) is 0 Å². The zero-order valence-electron chi connectivity index (χ0n) is 9.58. The maximum absolute atomic E-state index is 5.93. The molecule has 2 nitrogen and oxygen atoms in total. The molecule has 1 aromatic heterocycles. The Morgan fingerprint density at radius 3 is 2.38 bits per heavy atom. The number of nitrogens with zero attached hydrogens (tertiary/aromatic N) is 2. The molecule has 82 valence electrons. The van der Waals surface area contributed by atoms with Crippen LogP contribution in [0.5, 0.6) is 0 Å². The summed E-state index contributed by atoms with van der Waals surface area (Å²) in [4.78, 5) is 8.46. The lowest BCUT2D eigenvalue weighted by atomic mass is 10.0. The first-order valence-electron chi connectivity index (χ1n) is 5.15. The summed E-state index contributed by atoms with van der Waals surface area (Å²) in [6.45, 7) is 6.00. The predicted molar refractivity (Wildman–Crippen MR) is 66.7 cm³/mol. The molecule has 0 aliphatic carbocycles. The first kappa shape index (κ1) is 11.1. The van der Waals surface area contributed by atoms with E-state index in [0.29, 0.717) is 11.0 Å². The minimum atomic E-state index is 0.488. The smallest absolute Gasteiger partial charge is 0.133 e. The summed E-state index contributed by atoms with van der Waals surface area (Å²) in [5.74, 6) is 0.697. The summed E-state index contributed by atoms with van der Waals surface area (Å²) < 4.78 is 0. The molecule has 0 N–H and O–H groups in total. The van der Waals surface area contributed by atoms with E-state index in [1.54, 1.807) is 6.07 Å². The van der Waals surface area contributed by atoms with Crippen LogP contribution in [0.2, 0.25) is 5.15 Å². The molecule has 0 aliphatic heterocycles. The summed E-state index contributed by atoms with van der Waals surface area (Å²) in [6.07, 6.45) is 0. The number of rotatable bonds is 1. The molecule has 0 bridgehead atoms. The van der Waals surface area contributed by atoms with Gasteiger partial charge >= 0.3 is 0 Å². The van der Waals surface area contributed by atoms with Gasteiger partial charge in [-0.15, -0.1) is 0 Å². The van der Waals surface area contributed by atoms with E-state index in [0.717, 1.165) is 11.3 Å². The van der Waals surface area contributed by atoms with Gasteiger partial charge in [0.25, 0.3) is 0 Å². The second-order valence-corrected chi connectivity index (χ2v) is 4.33. The normalized spacial score (nSPS) is 10.5. The topological polar surface area (TPSA) is 25.8 Å². The van der Waals surface area contributed by atoms with Crippen LogP contribution >= 0.6 is 11.6 Å². The maximum atomic E-state index is 5.93. The maximum Gasteiger partial charge on any atom is 0.133 e. The second-order valence-electron chi connectivity index (χ2n) is 3.94. The van der Waals surface area contributed by atoms with Gasteiger partial charge in [0.05, 0.1) is 5.69 Å². The SMILES string of the molecule is Cc1ccc(-c2cc(Cl)nc(C)n2)c(C)c1. The largest absolute Gasteiger partial charge is 0.233 e. The minimum Gasteiger partial charge on any atom is -0.233 e. The van der Waals surface area contributed by atoms with Crippen molar-refractivity contribution in [3.05, 3.63) is 46.4 Å². The van der Waals surface area contributed by atoms with Gasteiger partial charge in [0.15, 0.2) is 0 Å². The molecular formula is C13H13ClN2. The van der Waals surface area contributed by atoms with E-state index < -0.39 is 0 Å². The molecule has 0 spiro atoms.